The summed E-state index contributed by atoms with van der Waals surface area (Å²) in [5, 5.41) is 17.0. The molecule has 12 heteroatoms. The second-order valence-corrected chi connectivity index (χ2v) is 12.7. The molecule has 0 saturated heterocycles. The van der Waals surface area contributed by atoms with Crippen molar-refractivity contribution in [2.75, 3.05) is 31.6 Å². The van der Waals surface area contributed by atoms with E-state index in [0.717, 1.165) is 42.5 Å². The lowest BCUT2D eigenvalue weighted by atomic mass is 10.1. The lowest BCUT2D eigenvalue weighted by Gasteiger charge is -2.25. The third-order valence-electron chi connectivity index (χ3n) is 6.60. The van der Waals surface area contributed by atoms with Crippen LogP contribution < -0.4 is 14.9 Å². The van der Waals surface area contributed by atoms with Gasteiger partial charge in [0.05, 0.1) is 29.9 Å². The Morgan fingerprint density at radius 1 is 1.12 bits per heavy atom. The van der Waals surface area contributed by atoms with Crippen molar-refractivity contribution < 1.29 is 23.1 Å². The van der Waals surface area contributed by atoms with E-state index in [0.29, 0.717) is 17.1 Å². The first-order valence-electron chi connectivity index (χ1n) is 14.5. The van der Waals surface area contributed by atoms with Crippen molar-refractivity contribution in [3.63, 3.8) is 0 Å². The van der Waals surface area contributed by atoms with Crippen LogP contribution in [0.4, 0.5) is 5.69 Å². The van der Waals surface area contributed by atoms with E-state index in [1.165, 1.54) is 12.1 Å². The first kappa shape index (κ1) is 34.3. The van der Waals surface area contributed by atoms with Gasteiger partial charge in [-0.05, 0) is 102 Å². The molecule has 0 radical (unpaired) electrons. The second-order valence-electron chi connectivity index (χ2n) is 10.5. The first-order chi connectivity index (χ1) is 20.5. The number of carbonyl (C=O) groups is 1. The molecule has 0 saturated carbocycles. The maximum Gasteiger partial charge on any atom is 0.459 e. The molecule has 1 aromatic heterocycles. The lowest BCUT2D eigenvalue weighted by molar-refractivity contribution is -0.149. The quantitative estimate of drug-likeness (QED) is 0.122. The number of rotatable bonds is 17. The molecule has 2 aromatic carbocycles. The SMILES string of the molecule is CCN(CCC[C@@H](C)Nc1ccnc2cc(Cl)ccc12)CCO[P@@](=O)(N[C@@H](C)C(=O)OC(C)C)Oc1ccc(C#N)cc1. The summed E-state index contributed by atoms with van der Waals surface area (Å²) < 4.78 is 30.5. The molecular formula is C31H41ClN5O5P. The highest BCUT2D eigenvalue weighted by molar-refractivity contribution is 7.52. The zero-order valence-electron chi connectivity index (χ0n) is 25.4. The number of halogens is 1. The van der Waals surface area contributed by atoms with E-state index >= 15 is 0 Å². The number of hydrogen-bond donors (Lipinski definition) is 2. The number of carbonyl (C=O) groups excluding carboxylic acids is 1. The third-order valence-corrected chi connectivity index (χ3v) is 8.51. The van der Waals surface area contributed by atoms with Gasteiger partial charge in [0.15, 0.2) is 0 Å². The lowest BCUT2D eigenvalue weighted by Crippen LogP contribution is -2.37. The number of anilines is 1. The van der Waals surface area contributed by atoms with Gasteiger partial charge in [0.25, 0.3) is 0 Å². The standard InChI is InChI=1S/C31H41ClN5O5P/c1-6-37(17-7-8-23(4)35-29-15-16-34-30-20-26(32)11-14-28(29)30)18-19-40-43(39,36-24(5)31(38)41-22(2)3)42-27-12-9-25(21-33)10-13-27/h9-16,20,22-24H,6-8,17-19H2,1-5H3,(H,34,35)(H,36,39)/t23-,24+,43+/m1/s1. The summed E-state index contributed by atoms with van der Waals surface area (Å²) in [7, 11) is -3.97. The molecule has 0 unspecified atom stereocenters. The maximum absolute atomic E-state index is 13.7. The van der Waals surface area contributed by atoms with Gasteiger partial charge in [-0.1, -0.05) is 18.5 Å². The fraction of sp³-hybridized carbons (Fsp3) is 0.452. The smallest absolute Gasteiger partial charge is 0.459 e. The van der Waals surface area contributed by atoms with Crippen LogP contribution in [0.5, 0.6) is 5.75 Å². The summed E-state index contributed by atoms with van der Waals surface area (Å²) in [5.41, 5.74) is 2.31. The van der Waals surface area contributed by atoms with Crippen molar-refractivity contribution in [3.8, 4) is 11.8 Å². The van der Waals surface area contributed by atoms with Gasteiger partial charge >= 0.3 is 13.7 Å². The van der Waals surface area contributed by atoms with Crippen molar-refractivity contribution in [1.29, 1.82) is 5.26 Å². The van der Waals surface area contributed by atoms with E-state index in [1.54, 1.807) is 39.1 Å². The minimum absolute atomic E-state index is 0.111. The van der Waals surface area contributed by atoms with Gasteiger partial charge in [-0.2, -0.15) is 10.3 Å². The molecule has 0 aliphatic heterocycles. The Morgan fingerprint density at radius 3 is 2.53 bits per heavy atom. The van der Waals surface area contributed by atoms with E-state index in [1.807, 2.05) is 30.3 Å². The molecular weight excluding hydrogens is 589 g/mol. The molecule has 0 bridgehead atoms. The minimum Gasteiger partial charge on any atom is -0.462 e. The predicted octanol–water partition coefficient (Wildman–Crippen LogP) is 6.80. The van der Waals surface area contributed by atoms with E-state index in [2.05, 4.69) is 34.1 Å². The average Bonchev–Trinajstić information content (AvgIpc) is 2.96. The van der Waals surface area contributed by atoms with Crippen LogP contribution in [0.1, 0.15) is 53.0 Å². The monoisotopic (exact) mass is 629 g/mol. The Balaban J connectivity index is 1.54. The van der Waals surface area contributed by atoms with Crippen LogP contribution in [0.15, 0.2) is 54.7 Å². The maximum atomic E-state index is 13.7. The van der Waals surface area contributed by atoms with Crippen LogP contribution in [0.25, 0.3) is 10.9 Å². The molecule has 2 N–H and O–H groups in total. The number of aromatic nitrogens is 1. The summed E-state index contributed by atoms with van der Waals surface area (Å²) >= 11 is 6.12. The number of benzene rings is 2. The van der Waals surface area contributed by atoms with Crippen molar-refractivity contribution in [3.05, 3.63) is 65.3 Å². The molecule has 0 fully saturated rings. The van der Waals surface area contributed by atoms with E-state index in [9.17, 15) is 9.36 Å². The zero-order valence-corrected chi connectivity index (χ0v) is 27.0. The van der Waals surface area contributed by atoms with Gasteiger partial charge in [-0.3, -0.25) is 14.3 Å². The Bertz CT molecular complexity index is 1430. The highest BCUT2D eigenvalue weighted by Gasteiger charge is 2.32. The summed E-state index contributed by atoms with van der Waals surface area (Å²) in [6.07, 6.45) is 3.33. The molecule has 0 spiro atoms. The summed E-state index contributed by atoms with van der Waals surface area (Å²) in [6, 6.07) is 15.2. The van der Waals surface area contributed by atoms with Crippen LogP contribution >= 0.6 is 19.3 Å². The molecule has 0 amide bonds. The Labute approximate surface area is 259 Å². The molecule has 10 nitrogen and oxygen atoms in total. The van der Waals surface area contributed by atoms with E-state index in [4.69, 9.17) is 30.6 Å². The Morgan fingerprint density at radius 2 is 1.86 bits per heavy atom. The number of nitriles is 1. The van der Waals surface area contributed by atoms with Crippen LogP contribution in [-0.2, 0) is 18.6 Å². The highest BCUT2D eigenvalue weighted by Crippen LogP contribution is 2.45. The first-order valence-corrected chi connectivity index (χ1v) is 16.4. The number of hydrogen-bond acceptors (Lipinski definition) is 9. The number of nitrogens with zero attached hydrogens (tertiary/aromatic N) is 3. The second kappa shape index (κ2) is 16.6. The number of fused-ring (bicyclic) bond motifs is 1. The van der Waals surface area contributed by atoms with Crippen LogP contribution in [0.3, 0.4) is 0 Å². The van der Waals surface area contributed by atoms with Crippen LogP contribution in [-0.4, -0.2) is 60.3 Å². The van der Waals surface area contributed by atoms with E-state index in [-0.39, 0.29) is 24.5 Å². The summed E-state index contributed by atoms with van der Waals surface area (Å²) in [5.74, 6) is -0.318. The fourth-order valence-electron chi connectivity index (χ4n) is 4.37. The molecule has 3 atom stereocenters. The van der Waals surface area contributed by atoms with Crippen molar-refractivity contribution in [1.82, 2.24) is 15.0 Å². The van der Waals surface area contributed by atoms with Gasteiger partial charge in [-0.25, -0.2) is 4.57 Å². The van der Waals surface area contributed by atoms with E-state index < -0.39 is 19.8 Å². The minimum atomic E-state index is -3.97. The summed E-state index contributed by atoms with van der Waals surface area (Å²) in [4.78, 5) is 19.0. The van der Waals surface area contributed by atoms with Gasteiger partial charge in [0.1, 0.15) is 11.8 Å². The zero-order chi connectivity index (χ0) is 31.4. The fourth-order valence-corrected chi connectivity index (χ4v) is 6.01. The normalized spacial score (nSPS) is 14.2. The Hall–Kier alpha value is -3.19. The summed E-state index contributed by atoms with van der Waals surface area (Å²) in [6.45, 7) is 11.5. The van der Waals surface area contributed by atoms with Crippen molar-refractivity contribution >= 4 is 41.9 Å². The molecule has 1 heterocycles. The topological polar surface area (TPSA) is 126 Å². The largest absolute Gasteiger partial charge is 0.462 e. The van der Waals surface area contributed by atoms with Crippen molar-refractivity contribution in [2.24, 2.45) is 0 Å². The highest BCUT2D eigenvalue weighted by atomic mass is 35.5. The number of ether oxygens (including phenoxy) is 1. The van der Waals surface area contributed by atoms with Crippen LogP contribution in [0.2, 0.25) is 5.02 Å². The van der Waals surface area contributed by atoms with Crippen molar-refractivity contribution in [2.45, 2.75) is 65.6 Å². The van der Waals surface area contributed by atoms with Gasteiger partial charge in [0, 0.05) is 34.9 Å². The molecule has 43 heavy (non-hydrogen) atoms. The number of nitrogens with one attached hydrogen (secondary N) is 2. The third kappa shape index (κ3) is 11.1. The average molecular weight is 630 g/mol. The van der Waals surface area contributed by atoms with Gasteiger partial charge in [-0.15, -0.1) is 0 Å². The van der Waals surface area contributed by atoms with Gasteiger partial charge in [0.2, 0.25) is 0 Å². The molecule has 3 rings (SSSR count). The number of pyridine rings is 1. The molecule has 0 aliphatic carbocycles. The van der Waals surface area contributed by atoms with Gasteiger partial charge < -0.3 is 19.5 Å². The number of esters is 1. The Kier molecular flexibility index (Phi) is 13.2. The predicted molar refractivity (Wildman–Crippen MR) is 170 cm³/mol. The van der Waals surface area contributed by atoms with Crippen LogP contribution in [0, 0.1) is 11.3 Å². The number of likely N-dealkylation sites (N-methyl/N-ethyl adjacent to an activating group) is 1. The molecule has 0 aliphatic rings. The molecule has 3 aromatic rings. The molecule has 232 valence electrons.